The van der Waals surface area contributed by atoms with Crippen LogP contribution in [-0.2, 0) is 0 Å². The summed E-state index contributed by atoms with van der Waals surface area (Å²) in [6.07, 6.45) is 1.44. The molecule has 0 aromatic carbocycles. The maximum Gasteiger partial charge on any atom is 0.251 e. The minimum Gasteiger partial charge on any atom is -0.490 e. The Kier molecular flexibility index (Phi) is 4.57. The highest BCUT2D eigenvalue weighted by Crippen LogP contribution is 2.34. The van der Waals surface area contributed by atoms with E-state index < -0.39 is 0 Å². The molecule has 0 bridgehead atoms. The first kappa shape index (κ1) is 14.3. The van der Waals surface area contributed by atoms with Gasteiger partial charge in [0.25, 0.3) is 5.56 Å². The zero-order chi connectivity index (χ0) is 14.5. The number of H-pyrrole nitrogens is 1. The highest BCUT2D eigenvalue weighted by Gasteiger charge is 2.14. The second kappa shape index (κ2) is 6.38. The summed E-state index contributed by atoms with van der Waals surface area (Å²) in [5.74, 6) is 1.14. The monoisotopic (exact) mass is 293 g/mol. The van der Waals surface area contributed by atoms with E-state index in [-0.39, 0.29) is 5.56 Å². The highest BCUT2D eigenvalue weighted by atomic mass is 32.2. The topological polar surface area (TPSA) is 92.8 Å². The smallest absolute Gasteiger partial charge is 0.251 e. The second-order valence-corrected chi connectivity index (χ2v) is 4.86. The van der Waals surface area contributed by atoms with Gasteiger partial charge in [0.05, 0.1) is 7.11 Å². The van der Waals surface area contributed by atoms with Crippen LogP contribution in [0.5, 0.6) is 5.75 Å². The van der Waals surface area contributed by atoms with E-state index in [1.54, 1.807) is 14.0 Å². The number of rotatable bonds is 5. The molecule has 0 saturated heterocycles. The van der Waals surface area contributed by atoms with Crippen LogP contribution in [-0.4, -0.2) is 33.6 Å². The van der Waals surface area contributed by atoms with Gasteiger partial charge in [-0.25, -0.2) is 15.0 Å². The quantitative estimate of drug-likeness (QED) is 0.636. The molecule has 0 saturated carbocycles. The molecule has 0 atom stereocenters. The van der Waals surface area contributed by atoms with Crippen LogP contribution in [0.2, 0.25) is 0 Å². The van der Waals surface area contributed by atoms with Crippen molar-refractivity contribution in [3.05, 3.63) is 28.4 Å². The molecule has 0 aliphatic carbocycles. The number of aromatic nitrogens is 4. The van der Waals surface area contributed by atoms with E-state index in [4.69, 9.17) is 4.74 Å². The van der Waals surface area contributed by atoms with Crippen LogP contribution in [0.4, 0.5) is 5.82 Å². The summed E-state index contributed by atoms with van der Waals surface area (Å²) >= 11 is 1.22. The van der Waals surface area contributed by atoms with E-state index in [0.29, 0.717) is 27.4 Å². The van der Waals surface area contributed by atoms with Gasteiger partial charge in [-0.2, -0.15) is 0 Å². The Hall–Kier alpha value is -2.09. The lowest BCUT2D eigenvalue weighted by molar-refractivity contribution is 0.400. The zero-order valence-corrected chi connectivity index (χ0v) is 12.2. The molecule has 0 amide bonds. The molecule has 2 aromatic rings. The molecule has 0 radical (unpaired) electrons. The summed E-state index contributed by atoms with van der Waals surface area (Å²) in [5.41, 5.74) is 0.455. The van der Waals surface area contributed by atoms with Crippen molar-refractivity contribution in [2.75, 3.05) is 19.0 Å². The predicted molar refractivity (Wildman–Crippen MR) is 76.5 cm³/mol. The lowest BCUT2D eigenvalue weighted by atomic mass is 10.5. The molecule has 7 nitrogen and oxygen atoms in total. The summed E-state index contributed by atoms with van der Waals surface area (Å²) in [4.78, 5) is 26.6. The van der Waals surface area contributed by atoms with Crippen molar-refractivity contribution in [1.82, 2.24) is 19.9 Å². The van der Waals surface area contributed by atoms with Crippen LogP contribution < -0.4 is 15.6 Å². The van der Waals surface area contributed by atoms with Crippen LogP contribution in [0.1, 0.15) is 12.6 Å². The molecule has 0 unspecified atom stereocenters. The third-order valence-electron chi connectivity index (χ3n) is 2.36. The third kappa shape index (κ3) is 3.27. The van der Waals surface area contributed by atoms with Gasteiger partial charge < -0.3 is 15.0 Å². The minimum atomic E-state index is -0.195. The Labute approximate surface area is 120 Å². The molecule has 2 aromatic heterocycles. The van der Waals surface area contributed by atoms with E-state index >= 15 is 0 Å². The fourth-order valence-corrected chi connectivity index (χ4v) is 2.50. The van der Waals surface area contributed by atoms with Crippen molar-refractivity contribution in [2.24, 2.45) is 0 Å². The number of hydrogen-bond acceptors (Lipinski definition) is 7. The van der Waals surface area contributed by atoms with Crippen LogP contribution >= 0.6 is 11.8 Å². The van der Waals surface area contributed by atoms with E-state index in [2.05, 4.69) is 25.3 Å². The number of aromatic amines is 1. The Bertz CT molecular complexity index is 659. The summed E-state index contributed by atoms with van der Waals surface area (Å²) in [5, 5.41) is 4.15. The number of methoxy groups -OCH3 is 1. The molecule has 106 valence electrons. The fraction of sp³-hybridized carbons (Fsp3) is 0.333. The maximum atomic E-state index is 11.4. The number of ether oxygens (including phenoxy) is 1. The molecular weight excluding hydrogens is 278 g/mol. The van der Waals surface area contributed by atoms with Crippen molar-refractivity contribution >= 4 is 17.6 Å². The number of nitrogens with one attached hydrogen (secondary N) is 2. The lowest BCUT2D eigenvalue weighted by Gasteiger charge is -2.11. The summed E-state index contributed by atoms with van der Waals surface area (Å²) in [6, 6.07) is 1.44. The Morgan fingerprint density at radius 3 is 2.90 bits per heavy atom. The number of nitrogens with zero attached hydrogens (tertiary/aromatic N) is 3. The molecule has 2 rings (SSSR count). The number of aryl methyl sites for hydroxylation is 1. The van der Waals surface area contributed by atoms with E-state index in [1.165, 1.54) is 24.2 Å². The standard InChI is InChI=1S/C12H15N5O2S/c1-4-13-10-9(19-3)11(15-6-14-10)20-12-16-7(2)5-8(18)17-12/h5-6H,4H2,1-3H3,(H,13,14,15)(H,16,17,18). The first-order valence-electron chi connectivity index (χ1n) is 6.02. The number of hydrogen-bond donors (Lipinski definition) is 2. The molecule has 0 spiro atoms. The fourth-order valence-electron chi connectivity index (χ4n) is 1.60. The molecule has 20 heavy (non-hydrogen) atoms. The molecule has 0 aliphatic rings. The zero-order valence-electron chi connectivity index (χ0n) is 11.4. The van der Waals surface area contributed by atoms with Gasteiger partial charge >= 0.3 is 0 Å². The van der Waals surface area contributed by atoms with Gasteiger partial charge in [-0.15, -0.1) is 0 Å². The first-order valence-corrected chi connectivity index (χ1v) is 6.84. The van der Waals surface area contributed by atoms with Gasteiger partial charge in [0.2, 0.25) is 0 Å². The molecule has 8 heteroatoms. The normalized spacial score (nSPS) is 10.3. The summed E-state index contributed by atoms with van der Waals surface area (Å²) in [6.45, 7) is 4.45. The van der Waals surface area contributed by atoms with E-state index in [9.17, 15) is 4.79 Å². The molecular formula is C12H15N5O2S. The maximum absolute atomic E-state index is 11.4. The average molecular weight is 293 g/mol. The van der Waals surface area contributed by atoms with Gasteiger partial charge in [-0.05, 0) is 25.6 Å². The molecule has 2 N–H and O–H groups in total. The van der Waals surface area contributed by atoms with Crippen LogP contribution in [0.25, 0.3) is 0 Å². The SMILES string of the molecule is CCNc1ncnc(Sc2nc(C)cc(=O)[nH]2)c1OC. The van der Waals surface area contributed by atoms with Crippen molar-refractivity contribution in [3.63, 3.8) is 0 Å². The summed E-state index contributed by atoms with van der Waals surface area (Å²) < 4.78 is 5.33. The van der Waals surface area contributed by atoms with Crippen molar-refractivity contribution in [3.8, 4) is 5.75 Å². The van der Waals surface area contributed by atoms with E-state index in [0.717, 1.165) is 6.54 Å². The number of anilines is 1. The van der Waals surface area contributed by atoms with Gasteiger partial charge in [0.1, 0.15) is 6.33 Å². The van der Waals surface area contributed by atoms with Crippen LogP contribution in [0.15, 0.2) is 27.4 Å². The Morgan fingerprint density at radius 1 is 1.45 bits per heavy atom. The summed E-state index contributed by atoms with van der Waals surface area (Å²) in [7, 11) is 1.55. The third-order valence-corrected chi connectivity index (χ3v) is 3.23. The largest absolute Gasteiger partial charge is 0.490 e. The Balaban J connectivity index is 2.37. The molecule has 2 heterocycles. The molecule has 0 aliphatic heterocycles. The van der Waals surface area contributed by atoms with Crippen LogP contribution in [0, 0.1) is 6.92 Å². The first-order chi connectivity index (χ1) is 9.63. The molecule has 0 fully saturated rings. The van der Waals surface area contributed by atoms with Crippen molar-refractivity contribution in [2.45, 2.75) is 24.0 Å². The van der Waals surface area contributed by atoms with Gasteiger partial charge in [0, 0.05) is 18.3 Å². The minimum absolute atomic E-state index is 0.195. The Morgan fingerprint density at radius 2 is 2.25 bits per heavy atom. The highest BCUT2D eigenvalue weighted by molar-refractivity contribution is 7.99. The average Bonchev–Trinajstić information content (AvgIpc) is 2.38. The second-order valence-electron chi connectivity index (χ2n) is 3.88. The van der Waals surface area contributed by atoms with Crippen molar-refractivity contribution in [1.29, 1.82) is 0 Å². The van der Waals surface area contributed by atoms with Crippen molar-refractivity contribution < 1.29 is 4.74 Å². The van der Waals surface area contributed by atoms with Crippen LogP contribution in [0.3, 0.4) is 0 Å². The predicted octanol–water partition coefficient (Wildman–Crippen LogP) is 1.46. The lowest BCUT2D eigenvalue weighted by Crippen LogP contribution is -2.08. The van der Waals surface area contributed by atoms with Gasteiger partial charge in [-0.1, -0.05) is 0 Å². The van der Waals surface area contributed by atoms with Gasteiger partial charge in [-0.3, -0.25) is 4.79 Å². The van der Waals surface area contributed by atoms with Gasteiger partial charge in [0.15, 0.2) is 21.7 Å². The van der Waals surface area contributed by atoms with E-state index in [1.807, 2.05) is 6.92 Å².